The normalized spacial score (nSPS) is 10.9. The van der Waals surface area contributed by atoms with E-state index in [1.54, 1.807) is 0 Å². The van der Waals surface area contributed by atoms with Crippen molar-refractivity contribution < 1.29 is 9.53 Å². The number of benzene rings is 1. The fraction of sp³-hybridized carbons (Fsp3) is 0.400. The number of methoxy groups -OCH3 is 1. The van der Waals surface area contributed by atoms with Crippen molar-refractivity contribution in [3.8, 4) is 0 Å². The van der Waals surface area contributed by atoms with Gasteiger partial charge in [0.1, 0.15) is 0 Å². The van der Waals surface area contributed by atoms with Gasteiger partial charge in [-0.3, -0.25) is 4.79 Å². The van der Waals surface area contributed by atoms with Gasteiger partial charge in [0, 0.05) is 24.7 Å². The minimum absolute atomic E-state index is 0.217. The molecule has 0 unspecified atom stereocenters. The maximum absolute atomic E-state index is 11.5. The molecule has 1 heterocycles. The van der Waals surface area contributed by atoms with Crippen molar-refractivity contribution >= 4 is 16.9 Å². The molecule has 19 heavy (non-hydrogen) atoms. The molecule has 1 aromatic carbocycles. The van der Waals surface area contributed by atoms with Crippen molar-refractivity contribution in [1.29, 1.82) is 0 Å². The van der Waals surface area contributed by atoms with Crippen LogP contribution in [0.5, 0.6) is 0 Å². The Kier molecular flexibility index (Phi) is 3.90. The molecular formula is C15H20N2O2. The number of nitrogens with two attached hydrogens (primary N) is 1. The summed E-state index contributed by atoms with van der Waals surface area (Å²) in [7, 11) is 1.41. The van der Waals surface area contributed by atoms with E-state index in [1.807, 2.05) is 6.20 Å². The molecule has 2 aromatic rings. The highest BCUT2D eigenvalue weighted by molar-refractivity contribution is 5.90. The van der Waals surface area contributed by atoms with E-state index in [1.165, 1.54) is 18.2 Å². The van der Waals surface area contributed by atoms with Gasteiger partial charge in [-0.2, -0.15) is 0 Å². The second-order valence-corrected chi connectivity index (χ2v) is 4.87. The Labute approximate surface area is 113 Å². The summed E-state index contributed by atoms with van der Waals surface area (Å²) in [5, 5.41) is 1.12. The predicted molar refractivity (Wildman–Crippen MR) is 76.2 cm³/mol. The Balaban J connectivity index is 2.60. The number of hydrogen-bond donors (Lipinski definition) is 1. The van der Waals surface area contributed by atoms with Crippen LogP contribution in [0.25, 0.3) is 10.9 Å². The second kappa shape index (κ2) is 5.45. The number of carbonyl (C=O) groups excluding carboxylic acids is 1. The molecule has 1 aromatic heterocycles. The zero-order valence-corrected chi connectivity index (χ0v) is 11.7. The average molecular weight is 260 g/mol. The zero-order chi connectivity index (χ0) is 14.0. The third-order valence-corrected chi connectivity index (χ3v) is 3.32. The maximum atomic E-state index is 11.5. The van der Waals surface area contributed by atoms with Crippen LogP contribution in [-0.2, 0) is 22.5 Å². The highest BCUT2D eigenvalue weighted by Gasteiger charge is 2.14. The number of aromatic nitrogens is 1. The lowest BCUT2D eigenvalue weighted by Gasteiger charge is -2.06. The standard InChI is InChI=1S/C15H20N2O2/c1-10-6-11(2)15-13(7-10)12(8-14(18)19-3)9-17(15)5-4-16/h6-7,9H,4-5,8,16H2,1-3H3. The van der Waals surface area contributed by atoms with Crippen LogP contribution in [-0.4, -0.2) is 24.2 Å². The summed E-state index contributed by atoms with van der Waals surface area (Å²) in [5.74, 6) is -0.217. The molecule has 0 atom stereocenters. The maximum Gasteiger partial charge on any atom is 0.310 e. The Morgan fingerprint density at radius 1 is 1.37 bits per heavy atom. The van der Waals surface area contributed by atoms with E-state index in [4.69, 9.17) is 10.5 Å². The lowest BCUT2D eigenvalue weighted by molar-refractivity contribution is -0.139. The Bertz CT molecular complexity index is 614. The van der Waals surface area contributed by atoms with Crippen LogP contribution in [0.4, 0.5) is 0 Å². The van der Waals surface area contributed by atoms with Crippen LogP contribution in [0.3, 0.4) is 0 Å². The first-order valence-electron chi connectivity index (χ1n) is 6.42. The lowest BCUT2D eigenvalue weighted by atomic mass is 10.0. The number of carbonyl (C=O) groups is 1. The molecule has 0 spiro atoms. The largest absolute Gasteiger partial charge is 0.469 e. The number of fused-ring (bicyclic) bond motifs is 1. The number of ether oxygens (including phenoxy) is 1. The molecule has 0 aliphatic rings. The minimum Gasteiger partial charge on any atom is -0.469 e. The fourth-order valence-electron chi connectivity index (χ4n) is 2.59. The molecule has 0 saturated heterocycles. The number of aryl methyl sites for hydroxylation is 2. The molecule has 2 rings (SSSR count). The van der Waals surface area contributed by atoms with Gasteiger partial charge in [-0.05, 0) is 31.0 Å². The molecule has 2 N–H and O–H groups in total. The molecule has 0 saturated carbocycles. The van der Waals surface area contributed by atoms with E-state index in [-0.39, 0.29) is 5.97 Å². The molecule has 0 radical (unpaired) electrons. The third kappa shape index (κ3) is 2.63. The monoisotopic (exact) mass is 260 g/mol. The molecule has 0 aliphatic carbocycles. The smallest absolute Gasteiger partial charge is 0.310 e. The first kappa shape index (κ1) is 13.6. The van der Waals surface area contributed by atoms with E-state index in [0.717, 1.165) is 23.0 Å². The summed E-state index contributed by atoms with van der Waals surface area (Å²) >= 11 is 0. The van der Waals surface area contributed by atoms with Gasteiger partial charge in [0.15, 0.2) is 0 Å². The molecule has 0 aliphatic heterocycles. The highest BCUT2D eigenvalue weighted by atomic mass is 16.5. The molecule has 0 amide bonds. The summed E-state index contributed by atoms with van der Waals surface area (Å²) in [6.45, 7) is 5.48. The molecule has 4 nitrogen and oxygen atoms in total. The molecular weight excluding hydrogens is 240 g/mol. The van der Waals surface area contributed by atoms with Crippen molar-refractivity contribution in [2.45, 2.75) is 26.8 Å². The summed E-state index contributed by atoms with van der Waals surface area (Å²) < 4.78 is 6.89. The number of rotatable bonds is 4. The Morgan fingerprint density at radius 3 is 2.74 bits per heavy atom. The van der Waals surface area contributed by atoms with Gasteiger partial charge >= 0.3 is 5.97 Å². The van der Waals surface area contributed by atoms with Crippen molar-refractivity contribution in [3.05, 3.63) is 35.0 Å². The van der Waals surface area contributed by atoms with Gasteiger partial charge < -0.3 is 15.0 Å². The quantitative estimate of drug-likeness (QED) is 0.855. The fourth-order valence-corrected chi connectivity index (χ4v) is 2.59. The van der Waals surface area contributed by atoms with Gasteiger partial charge in [-0.1, -0.05) is 11.6 Å². The molecule has 102 valence electrons. The second-order valence-electron chi connectivity index (χ2n) is 4.87. The van der Waals surface area contributed by atoms with Gasteiger partial charge in [0.05, 0.1) is 19.0 Å². The Hall–Kier alpha value is -1.81. The number of nitrogens with zero attached hydrogens (tertiary/aromatic N) is 1. The third-order valence-electron chi connectivity index (χ3n) is 3.32. The van der Waals surface area contributed by atoms with E-state index in [0.29, 0.717) is 13.0 Å². The van der Waals surface area contributed by atoms with Crippen LogP contribution in [0.15, 0.2) is 18.3 Å². The highest BCUT2D eigenvalue weighted by Crippen LogP contribution is 2.26. The first-order valence-corrected chi connectivity index (χ1v) is 6.42. The number of esters is 1. The topological polar surface area (TPSA) is 57.2 Å². The first-order chi connectivity index (χ1) is 9.06. The zero-order valence-electron chi connectivity index (χ0n) is 11.7. The van der Waals surface area contributed by atoms with E-state index in [9.17, 15) is 4.79 Å². The SMILES string of the molecule is COC(=O)Cc1cn(CCN)c2c(C)cc(C)cc12. The average Bonchev–Trinajstić information content (AvgIpc) is 2.68. The molecule has 0 bridgehead atoms. The van der Waals surface area contributed by atoms with Crippen molar-refractivity contribution in [2.24, 2.45) is 5.73 Å². The van der Waals surface area contributed by atoms with Crippen LogP contribution in [0, 0.1) is 13.8 Å². The van der Waals surface area contributed by atoms with Crippen molar-refractivity contribution in [2.75, 3.05) is 13.7 Å². The van der Waals surface area contributed by atoms with Crippen LogP contribution in [0.2, 0.25) is 0 Å². The van der Waals surface area contributed by atoms with Crippen LogP contribution < -0.4 is 5.73 Å². The van der Waals surface area contributed by atoms with Crippen molar-refractivity contribution in [3.63, 3.8) is 0 Å². The minimum atomic E-state index is -0.217. The lowest BCUT2D eigenvalue weighted by Crippen LogP contribution is -2.09. The summed E-state index contributed by atoms with van der Waals surface area (Å²) in [6.07, 6.45) is 2.31. The van der Waals surface area contributed by atoms with E-state index < -0.39 is 0 Å². The Morgan fingerprint density at radius 2 is 2.11 bits per heavy atom. The van der Waals surface area contributed by atoms with Gasteiger partial charge in [-0.15, -0.1) is 0 Å². The molecule has 0 fully saturated rings. The van der Waals surface area contributed by atoms with Crippen molar-refractivity contribution in [1.82, 2.24) is 4.57 Å². The summed E-state index contributed by atoms with van der Waals surface area (Å²) in [6, 6.07) is 4.27. The summed E-state index contributed by atoms with van der Waals surface area (Å²) in [4.78, 5) is 11.5. The predicted octanol–water partition coefficient (Wildman–Crippen LogP) is 1.93. The van der Waals surface area contributed by atoms with E-state index in [2.05, 4.69) is 30.5 Å². The molecule has 4 heteroatoms. The summed E-state index contributed by atoms with van der Waals surface area (Å²) in [5.41, 5.74) is 10.2. The van der Waals surface area contributed by atoms with E-state index >= 15 is 0 Å². The van der Waals surface area contributed by atoms with Gasteiger partial charge in [-0.25, -0.2) is 0 Å². The van der Waals surface area contributed by atoms with Gasteiger partial charge in [0.2, 0.25) is 0 Å². The van der Waals surface area contributed by atoms with Gasteiger partial charge in [0.25, 0.3) is 0 Å². The number of hydrogen-bond acceptors (Lipinski definition) is 3. The van der Waals surface area contributed by atoms with Crippen LogP contribution >= 0.6 is 0 Å². The van der Waals surface area contributed by atoms with Crippen LogP contribution in [0.1, 0.15) is 16.7 Å².